The normalized spacial score (nSPS) is 16.5. The van der Waals surface area contributed by atoms with Crippen LogP contribution in [0, 0.1) is 11.7 Å². The van der Waals surface area contributed by atoms with Gasteiger partial charge in [0.2, 0.25) is 5.91 Å². The smallest absolute Gasteiger partial charge is 0.253 e. The Hall–Kier alpha value is -3.55. The van der Waals surface area contributed by atoms with Crippen LogP contribution in [0.15, 0.2) is 42.5 Å². The summed E-state index contributed by atoms with van der Waals surface area (Å²) in [5, 5.41) is 0. The van der Waals surface area contributed by atoms with Gasteiger partial charge in [-0.2, -0.15) is 0 Å². The number of likely N-dealkylation sites (tertiary alicyclic amines) is 1. The number of halogens is 1. The Kier molecular flexibility index (Phi) is 7.58. The highest BCUT2D eigenvalue weighted by atomic mass is 19.1. The number of methoxy groups -OCH3 is 3. The summed E-state index contributed by atoms with van der Waals surface area (Å²) >= 11 is 0. The van der Waals surface area contributed by atoms with Crippen LogP contribution in [0.3, 0.4) is 0 Å². The van der Waals surface area contributed by atoms with E-state index in [-0.39, 0.29) is 23.5 Å². The van der Waals surface area contributed by atoms with Crippen molar-refractivity contribution in [2.75, 3.05) is 47.5 Å². The molecule has 7 nitrogen and oxygen atoms in total. The van der Waals surface area contributed by atoms with Gasteiger partial charge in [0.1, 0.15) is 23.1 Å². The van der Waals surface area contributed by atoms with Gasteiger partial charge in [-0.3, -0.25) is 9.59 Å². The van der Waals surface area contributed by atoms with Crippen molar-refractivity contribution >= 4 is 17.4 Å². The van der Waals surface area contributed by atoms with Gasteiger partial charge in [-0.05, 0) is 49.1 Å². The van der Waals surface area contributed by atoms with Crippen molar-refractivity contribution in [2.24, 2.45) is 5.92 Å². The van der Waals surface area contributed by atoms with Crippen LogP contribution in [-0.2, 0) is 4.79 Å². The highest BCUT2D eigenvalue weighted by molar-refractivity contribution is 5.94. The Morgan fingerprint density at radius 1 is 0.886 bits per heavy atom. The number of benzene rings is 2. The Bertz CT molecular complexity index is 1080. The summed E-state index contributed by atoms with van der Waals surface area (Å²) in [7, 11) is 4.83. The van der Waals surface area contributed by atoms with E-state index in [9.17, 15) is 14.0 Å². The first-order chi connectivity index (χ1) is 16.9. The quantitative estimate of drug-likeness (QED) is 0.622. The molecule has 0 unspecified atom stereocenters. The molecule has 2 amide bonds. The molecule has 2 aliphatic heterocycles. The van der Waals surface area contributed by atoms with E-state index >= 15 is 0 Å². The van der Waals surface area contributed by atoms with Gasteiger partial charge >= 0.3 is 0 Å². The van der Waals surface area contributed by atoms with Gasteiger partial charge < -0.3 is 24.0 Å². The Morgan fingerprint density at radius 3 is 2.03 bits per heavy atom. The zero-order valence-electron chi connectivity index (χ0n) is 20.4. The molecule has 4 rings (SSSR count). The first-order valence-electron chi connectivity index (χ1n) is 11.8. The van der Waals surface area contributed by atoms with Gasteiger partial charge in [-0.25, -0.2) is 4.39 Å². The molecule has 0 N–H and O–H groups in total. The lowest BCUT2D eigenvalue weighted by atomic mass is 9.92. The average molecular weight is 483 g/mol. The van der Waals surface area contributed by atoms with Crippen LogP contribution in [-0.4, -0.2) is 69.1 Å². The van der Waals surface area contributed by atoms with Crippen molar-refractivity contribution in [3.8, 4) is 17.2 Å². The van der Waals surface area contributed by atoms with Gasteiger partial charge in [-0.15, -0.1) is 0 Å². The van der Waals surface area contributed by atoms with Crippen molar-refractivity contribution < 1.29 is 28.2 Å². The molecule has 0 aromatic heterocycles. The lowest BCUT2D eigenvalue weighted by molar-refractivity contribution is -0.136. The number of rotatable bonds is 6. The first kappa shape index (κ1) is 24.6. The zero-order chi connectivity index (χ0) is 24.9. The molecule has 35 heavy (non-hydrogen) atoms. The largest absolute Gasteiger partial charge is 0.496 e. The molecule has 1 fully saturated rings. The van der Waals surface area contributed by atoms with Crippen molar-refractivity contribution in [3.05, 3.63) is 59.4 Å². The van der Waals surface area contributed by atoms with Gasteiger partial charge in [-0.1, -0.05) is 6.08 Å². The Labute approximate surface area is 205 Å². The summed E-state index contributed by atoms with van der Waals surface area (Å²) in [4.78, 5) is 29.5. The van der Waals surface area contributed by atoms with E-state index < -0.39 is 0 Å². The topological polar surface area (TPSA) is 68.3 Å². The van der Waals surface area contributed by atoms with Crippen molar-refractivity contribution in [1.29, 1.82) is 0 Å². The van der Waals surface area contributed by atoms with E-state index in [2.05, 4.69) is 6.08 Å². The number of nitrogens with zero attached hydrogens (tertiary/aromatic N) is 2. The standard InChI is InChI=1S/C27H31FN2O5/c1-33-22-16-23(34-2)25(24(17-22)35-3)18-8-12-29(13-9-18)27(32)20-10-14-30(15-11-20)26(31)19-4-6-21(28)7-5-19/h4-8,16-17,20H,9-15H2,1-3H3. The minimum absolute atomic E-state index is 0.104. The fraction of sp³-hybridized carbons (Fsp3) is 0.407. The zero-order valence-corrected chi connectivity index (χ0v) is 20.4. The molecule has 186 valence electrons. The highest BCUT2D eigenvalue weighted by Crippen LogP contribution is 2.41. The lowest BCUT2D eigenvalue weighted by Gasteiger charge is -2.35. The molecule has 8 heteroatoms. The Morgan fingerprint density at radius 2 is 1.51 bits per heavy atom. The fourth-order valence-corrected chi connectivity index (χ4v) is 4.78. The van der Waals surface area contributed by atoms with Gasteiger partial charge in [0.05, 0.1) is 26.9 Å². The molecule has 0 spiro atoms. The van der Waals surface area contributed by atoms with Gasteiger partial charge in [0.25, 0.3) is 5.91 Å². The molecule has 0 bridgehead atoms. The molecule has 2 heterocycles. The van der Waals surface area contributed by atoms with Gasteiger partial charge in [0, 0.05) is 49.8 Å². The highest BCUT2D eigenvalue weighted by Gasteiger charge is 2.32. The van der Waals surface area contributed by atoms with Gasteiger partial charge in [0.15, 0.2) is 0 Å². The molecular formula is C27H31FN2O5. The SMILES string of the molecule is COc1cc(OC)c(C2=CCN(C(=O)C3CCN(C(=O)c4ccc(F)cc4)CC3)CC2)c(OC)c1. The Balaban J connectivity index is 1.38. The third-order valence-corrected chi connectivity index (χ3v) is 6.78. The summed E-state index contributed by atoms with van der Waals surface area (Å²) in [5.41, 5.74) is 2.43. The van der Waals surface area contributed by atoms with Crippen LogP contribution >= 0.6 is 0 Å². The summed E-state index contributed by atoms with van der Waals surface area (Å²) in [5.74, 6) is 1.53. The molecule has 1 saturated heterocycles. The maximum absolute atomic E-state index is 13.2. The molecule has 0 radical (unpaired) electrons. The number of piperidine rings is 1. The molecule has 0 atom stereocenters. The van der Waals surface area contributed by atoms with Crippen LogP contribution in [0.5, 0.6) is 17.2 Å². The number of amides is 2. The predicted octanol–water partition coefficient (Wildman–Crippen LogP) is 4.02. The second-order valence-corrected chi connectivity index (χ2v) is 8.74. The first-order valence-corrected chi connectivity index (χ1v) is 11.8. The monoisotopic (exact) mass is 482 g/mol. The maximum atomic E-state index is 13.2. The maximum Gasteiger partial charge on any atom is 0.253 e. The minimum Gasteiger partial charge on any atom is -0.496 e. The molecule has 2 aromatic carbocycles. The van der Waals surface area contributed by atoms with Crippen LogP contribution in [0.25, 0.3) is 5.57 Å². The van der Waals surface area contributed by atoms with E-state index in [4.69, 9.17) is 14.2 Å². The van der Waals surface area contributed by atoms with Crippen LogP contribution in [0.2, 0.25) is 0 Å². The molecule has 0 aliphatic carbocycles. The summed E-state index contributed by atoms with van der Waals surface area (Å²) in [6.07, 6.45) is 3.99. The van der Waals surface area contributed by atoms with E-state index in [1.54, 1.807) is 26.2 Å². The van der Waals surface area contributed by atoms with E-state index in [1.165, 1.54) is 24.3 Å². The summed E-state index contributed by atoms with van der Waals surface area (Å²) in [6.45, 7) is 2.16. The number of carbonyl (C=O) groups excluding carboxylic acids is 2. The van der Waals surface area contributed by atoms with Crippen LogP contribution in [0.1, 0.15) is 35.2 Å². The molecule has 2 aliphatic rings. The lowest BCUT2D eigenvalue weighted by Crippen LogP contribution is -2.45. The van der Waals surface area contributed by atoms with Crippen molar-refractivity contribution in [2.45, 2.75) is 19.3 Å². The van der Waals surface area contributed by atoms with Crippen LogP contribution in [0.4, 0.5) is 4.39 Å². The number of hydrogen-bond donors (Lipinski definition) is 0. The van der Waals surface area contributed by atoms with Crippen LogP contribution < -0.4 is 14.2 Å². The summed E-state index contributed by atoms with van der Waals surface area (Å²) in [6, 6.07) is 9.24. The third-order valence-electron chi connectivity index (χ3n) is 6.78. The minimum atomic E-state index is -0.367. The number of hydrogen-bond acceptors (Lipinski definition) is 5. The molecule has 2 aromatic rings. The molecular weight excluding hydrogens is 451 g/mol. The van der Waals surface area contributed by atoms with E-state index in [1.807, 2.05) is 17.0 Å². The number of ether oxygens (including phenoxy) is 3. The van der Waals surface area contributed by atoms with Crippen molar-refractivity contribution in [1.82, 2.24) is 9.80 Å². The number of carbonyl (C=O) groups is 2. The summed E-state index contributed by atoms with van der Waals surface area (Å²) < 4.78 is 29.7. The second-order valence-electron chi connectivity index (χ2n) is 8.74. The fourth-order valence-electron chi connectivity index (χ4n) is 4.78. The third kappa shape index (κ3) is 5.26. The predicted molar refractivity (Wildman–Crippen MR) is 130 cm³/mol. The van der Waals surface area contributed by atoms with E-state index in [0.29, 0.717) is 68.3 Å². The van der Waals surface area contributed by atoms with E-state index in [0.717, 1.165) is 11.1 Å². The average Bonchev–Trinajstić information content (AvgIpc) is 2.92. The molecule has 0 saturated carbocycles. The second kappa shape index (κ2) is 10.8. The van der Waals surface area contributed by atoms with Crippen molar-refractivity contribution in [3.63, 3.8) is 0 Å².